The van der Waals surface area contributed by atoms with Crippen molar-refractivity contribution in [2.75, 3.05) is 0 Å². The van der Waals surface area contributed by atoms with E-state index in [1.165, 1.54) is 12.5 Å². The maximum Gasteiger partial charge on any atom is 0.130 e. The Morgan fingerprint density at radius 2 is 1.94 bits per heavy atom. The molecule has 2 rings (SSSR count). The van der Waals surface area contributed by atoms with Gasteiger partial charge in [-0.05, 0) is 30.9 Å². The number of benzene rings is 1. The molecule has 0 saturated heterocycles. The van der Waals surface area contributed by atoms with Crippen molar-refractivity contribution in [2.24, 2.45) is 5.92 Å². The average Bonchev–Trinajstić information content (AvgIpc) is 2.30. The third kappa shape index (κ3) is 2.38. The second-order valence-corrected chi connectivity index (χ2v) is 4.89. The maximum absolute atomic E-state index is 13.6. The first-order chi connectivity index (χ1) is 7.70. The summed E-state index contributed by atoms with van der Waals surface area (Å²) in [5.74, 6) is -0.242. The summed E-state index contributed by atoms with van der Waals surface area (Å²) >= 11 is 5.94. The average molecular weight is 243 g/mol. The molecule has 0 spiro atoms. The number of rotatable bonds is 2. The van der Waals surface area contributed by atoms with E-state index in [1.807, 2.05) is 0 Å². The van der Waals surface area contributed by atoms with Crippen LogP contribution in [0.15, 0.2) is 18.2 Å². The Morgan fingerprint density at radius 3 is 2.56 bits per heavy atom. The molecule has 1 fully saturated rings. The summed E-state index contributed by atoms with van der Waals surface area (Å²) in [6.45, 7) is 0. The van der Waals surface area contributed by atoms with Crippen molar-refractivity contribution in [1.82, 2.24) is 0 Å². The second kappa shape index (κ2) is 5.15. The van der Waals surface area contributed by atoms with Crippen molar-refractivity contribution in [3.05, 3.63) is 34.6 Å². The van der Waals surface area contributed by atoms with E-state index in [0.29, 0.717) is 5.02 Å². The van der Waals surface area contributed by atoms with Crippen LogP contribution < -0.4 is 0 Å². The molecule has 1 aliphatic carbocycles. The minimum Gasteiger partial charge on any atom is -0.388 e. The fourth-order valence-corrected chi connectivity index (χ4v) is 2.75. The molecule has 1 aromatic carbocycles. The van der Waals surface area contributed by atoms with Crippen molar-refractivity contribution >= 4 is 11.6 Å². The fraction of sp³-hybridized carbons (Fsp3) is 0.538. The fourth-order valence-electron chi connectivity index (χ4n) is 2.48. The molecule has 0 radical (unpaired) electrons. The largest absolute Gasteiger partial charge is 0.388 e. The zero-order chi connectivity index (χ0) is 11.5. The summed E-state index contributed by atoms with van der Waals surface area (Å²) in [5.41, 5.74) is 0.274. The van der Waals surface area contributed by atoms with Gasteiger partial charge in [-0.2, -0.15) is 0 Å². The molecule has 16 heavy (non-hydrogen) atoms. The van der Waals surface area contributed by atoms with Gasteiger partial charge in [0.15, 0.2) is 0 Å². The van der Waals surface area contributed by atoms with E-state index in [9.17, 15) is 9.50 Å². The van der Waals surface area contributed by atoms with Crippen LogP contribution >= 0.6 is 11.6 Å². The highest BCUT2D eigenvalue weighted by Gasteiger charge is 2.26. The summed E-state index contributed by atoms with van der Waals surface area (Å²) in [4.78, 5) is 0. The molecule has 1 N–H and O–H groups in total. The van der Waals surface area contributed by atoms with E-state index in [2.05, 4.69) is 0 Å². The predicted molar refractivity (Wildman–Crippen MR) is 62.9 cm³/mol. The Morgan fingerprint density at radius 1 is 1.25 bits per heavy atom. The maximum atomic E-state index is 13.6. The number of hydrogen-bond donors (Lipinski definition) is 1. The Bertz CT molecular complexity index is 341. The summed E-state index contributed by atoms with van der Waals surface area (Å²) in [5, 5.41) is 10.5. The first-order valence-electron chi connectivity index (χ1n) is 5.82. The van der Waals surface area contributed by atoms with Gasteiger partial charge in [-0.25, -0.2) is 4.39 Å². The summed E-state index contributed by atoms with van der Waals surface area (Å²) < 4.78 is 13.6. The van der Waals surface area contributed by atoms with Crippen LogP contribution in [0.1, 0.15) is 43.8 Å². The zero-order valence-corrected chi connectivity index (χ0v) is 9.88. The summed E-state index contributed by atoms with van der Waals surface area (Å²) in [7, 11) is 0. The van der Waals surface area contributed by atoms with Crippen molar-refractivity contribution in [3.8, 4) is 0 Å². The topological polar surface area (TPSA) is 20.2 Å². The van der Waals surface area contributed by atoms with E-state index in [1.54, 1.807) is 12.1 Å². The highest BCUT2D eigenvalue weighted by Crippen LogP contribution is 2.37. The van der Waals surface area contributed by atoms with E-state index < -0.39 is 11.9 Å². The third-order valence-electron chi connectivity index (χ3n) is 3.39. The number of aliphatic hydroxyl groups excluding tert-OH is 1. The van der Waals surface area contributed by atoms with Gasteiger partial charge in [0.2, 0.25) is 0 Å². The van der Waals surface area contributed by atoms with E-state index in [4.69, 9.17) is 11.6 Å². The van der Waals surface area contributed by atoms with Crippen molar-refractivity contribution in [3.63, 3.8) is 0 Å². The molecule has 0 bridgehead atoms. The number of hydrogen-bond acceptors (Lipinski definition) is 1. The van der Waals surface area contributed by atoms with Crippen LogP contribution in [-0.4, -0.2) is 5.11 Å². The third-order valence-corrected chi connectivity index (χ3v) is 3.72. The van der Waals surface area contributed by atoms with Crippen LogP contribution in [0.2, 0.25) is 5.02 Å². The minimum absolute atomic E-state index is 0.156. The van der Waals surface area contributed by atoms with Crippen LogP contribution in [-0.2, 0) is 0 Å². The number of aliphatic hydroxyl groups is 1. The van der Waals surface area contributed by atoms with Crippen LogP contribution in [0.4, 0.5) is 4.39 Å². The number of halogens is 2. The lowest BCUT2D eigenvalue weighted by atomic mass is 9.82. The van der Waals surface area contributed by atoms with Crippen LogP contribution in [0.3, 0.4) is 0 Å². The Hall–Kier alpha value is -0.600. The lowest BCUT2D eigenvalue weighted by molar-refractivity contribution is 0.0817. The molecule has 0 aliphatic heterocycles. The molecule has 0 aromatic heterocycles. The van der Waals surface area contributed by atoms with Crippen LogP contribution in [0, 0.1) is 11.7 Å². The molecular weight excluding hydrogens is 227 g/mol. The highest BCUT2D eigenvalue weighted by atomic mass is 35.5. The summed E-state index contributed by atoms with van der Waals surface area (Å²) in [6.07, 6.45) is 4.63. The quantitative estimate of drug-likeness (QED) is 0.828. The Balaban J connectivity index is 2.22. The summed E-state index contributed by atoms with van der Waals surface area (Å²) in [6, 6.07) is 4.55. The molecule has 0 amide bonds. The van der Waals surface area contributed by atoms with Gasteiger partial charge in [0, 0.05) is 10.6 Å². The molecule has 1 saturated carbocycles. The molecule has 3 heteroatoms. The minimum atomic E-state index is -0.756. The van der Waals surface area contributed by atoms with Gasteiger partial charge >= 0.3 is 0 Å². The molecule has 1 nitrogen and oxygen atoms in total. The van der Waals surface area contributed by atoms with Crippen molar-refractivity contribution in [2.45, 2.75) is 38.2 Å². The lowest BCUT2D eigenvalue weighted by Gasteiger charge is -2.27. The highest BCUT2D eigenvalue weighted by molar-refractivity contribution is 6.31. The molecule has 1 unspecified atom stereocenters. The molecular formula is C13H16ClFO. The SMILES string of the molecule is OC(c1c(F)cccc1Cl)C1CCCCC1. The van der Waals surface area contributed by atoms with Crippen LogP contribution in [0.25, 0.3) is 0 Å². The van der Waals surface area contributed by atoms with Gasteiger partial charge in [0.05, 0.1) is 6.10 Å². The van der Waals surface area contributed by atoms with E-state index in [-0.39, 0.29) is 11.5 Å². The monoisotopic (exact) mass is 242 g/mol. The molecule has 1 atom stereocenters. The molecule has 0 heterocycles. The first-order valence-corrected chi connectivity index (χ1v) is 6.20. The van der Waals surface area contributed by atoms with Gasteiger partial charge in [0.1, 0.15) is 5.82 Å². The van der Waals surface area contributed by atoms with E-state index >= 15 is 0 Å². The molecule has 1 aliphatic rings. The van der Waals surface area contributed by atoms with Gasteiger partial charge < -0.3 is 5.11 Å². The zero-order valence-electron chi connectivity index (χ0n) is 9.13. The predicted octanol–water partition coefficient (Wildman–Crippen LogP) is 4.09. The van der Waals surface area contributed by atoms with Gasteiger partial charge in [-0.15, -0.1) is 0 Å². The molecule has 88 valence electrons. The first kappa shape index (κ1) is 11.9. The van der Waals surface area contributed by atoms with E-state index in [0.717, 1.165) is 25.7 Å². The van der Waals surface area contributed by atoms with Gasteiger partial charge in [-0.3, -0.25) is 0 Å². The smallest absolute Gasteiger partial charge is 0.130 e. The van der Waals surface area contributed by atoms with Crippen molar-refractivity contribution < 1.29 is 9.50 Å². The Kier molecular flexibility index (Phi) is 3.82. The Labute approximate surface area is 100 Å². The van der Waals surface area contributed by atoms with Crippen molar-refractivity contribution in [1.29, 1.82) is 0 Å². The standard InChI is InChI=1S/C13H16ClFO/c14-10-7-4-8-11(15)12(10)13(16)9-5-2-1-3-6-9/h4,7-9,13,16H,1-3,5-6H2. The van der Waals surface area contributed by atoms with Gasteiger partial charge in [-0.1, -0.05) is 36.9 Å². The normalized spacial score (nSPS) is 19.7. The second-order valence-electron chi connectivity index (χ2n) is 4.48. The molecule has 1 aromatic rings. The van der Waals surface area contributed by atoms with Crippen LogP contribution in [0.5, 0.6) is 0 Å². The van der Waals surface area contributed by atoms with Gasteiger partial charge in [0.25, 0.3) is 0 Å². The lowest BCUT2D eigenvalue weighted by Crippen LogP contribution is -2.17.